The van der Waals surface area contributed by atoms with Crippen molar-refractivity contribution in [1.82, 2.24) is 25.1 Å². The van der Waals surface area contributed by atoms with Crippen LogP contribution in [0.5, 0.6) is 0 Å². The fourth-order valence-electron chi connectivity index (χ4n) is 3.99. The van der Waals surface area contributed by atoms with Crippen molar-refractivity contribution in [2.75, 3.05) is 26.2 Å². The summed E-state index contributed by atoms with van der Waals surface area (Å²) in [5.74, 6) is -0.512. The zero-order chi connectivity index (χ0) is 23.2. The molecular weight excluding hydrogens is 422 g/mol. The topological polar surface area (TPSA) is 116 Å². The molecule has 1 saturated heterocycles. The van der Waals surface area contributed by atoms with Gasteiger partial charge < -0.3 is 20.5 Å². The highest BCUT2D eigenvalue weighted by molar-refractivity contribution is 5.94. The first-order valence-corrected chi connectivity index (χ1v) is 11.1. The zero-order valence-corrected chi connectivity index (χ0v) is 18.3. The summed E-state index contributed by atoms with van der Waals surface area (Å²) in [5, 5.41) is 5.69. The number of nitrogens with one attached hydrogen (secondary N) is 3. The summed E-state index contributed by atoms with van der Waals surface area (Å²) in [5.41, 5.74) is 0.814. The van der Waals surface area contributed by atoms with Crippen LogP contribution in [-0.2, 0) is 17.9 Å². The molecule has 1 aliphatic heterocycles. The van der Waals surface area contributed by atoms with E-state index in [0.29, 0.717) is 23.1 Å². The maximum atomic E-state index is 12.4. The van der Waals surface area contributed by atoms with E-state index in [4.69, 9.17) is 0 Å². The molecule has 0 radical (unpaired) electrons. The first-order valence-electron chi connectivity index (χ1n) is 11.1. The molecule has 2 heterocycles. The van der Waals surface area contributed by atoms with E-state index in [9.17, 15) is 19.2 Å². The second-order valence-corrected chi connectivity index (χ2v) is 8.14. The number of para-hydroxylation sites is 2. The third-order valence-corrected chi connectivity index (χ3v) is 5.80. The molecule has 4 rings (SSSR count). The van der Waals surface area contributed by atoms with Crippen molar-refractivity contribution >= 4 is 22.8 Å². The maximum absolute atomic E-state index is 12.4. The fourth-order valence-corrected chi connectivity index (χ4v) is 3.99. The van der Waals surface area contributed by atoms with Gasteiger partial charge in [-0.05, 0) is 55.8 Å². The van der Waals surface area contributed by atoms with Gasteiger partial charge in [0, 0.05) is 25.2 Å². The number of carbonyl (C=O) groups is 2. The second-order valence-electron chi connectivity index (χ2n) is 8.14. The normalized spacial score (nSPS) is 13.8. The van der Waals surface area contributed by atoms with Crippen LogP contribution in [0.1, 0.15) is 28.8 Å². The van der Waals surface area contributed by atoms with Gasteiger partial charge in [0.1, 0.15) is 6.54 Å². The smallest absolute Gasteiger partial charge is 0.317 e. The Labute approximate surface area is 190 Å². The lowest BCUT2D eigenvalue weighted by atomic mass is 10.1. The van der Waals surface area contributed by atoms with Crippen LogP contribution in [0.25, 0.3) is 11.0 Å². The molecule has 3 aromatic rings. The molecular formula is C24H27N5O4. The summed E-state index contributed by atoms with van der Waals surface area (Å²) in [7, 11) is 0. The monoisotopic (exact) mass is 449 g/mol. The van der Waals surface area contributed by atoms with Crippen molar-refractivity contribution in [3.05, 3.63) is 80.4 Å². The van der Waals surface area contributed by atoms with Crippen LogP contribution in [0.4, 0.5) is 0 Å². The third kappa shape index (κ3) is 5.56. The first-order chi connectivity index (χ1) is 16.0. The molecule has 0 aliphatic carbocycles. The van der Waals surface area contributed by atoms with Crippen LogP contribution >= 0.6 is 0 Å². The van der Waals surface area contributed by atoms with E-state index in [-0.39, 0.29) is 19.0 Å². The number of carbonyl (C=O) groups excluding carboxylic acids is 2. The van der Waals surface area contributed by atoms with Gasteiger partial charge in [0.2, 0.25) is 5.91 Å². The molecule has 2 aromatic carbocycles. The van der Waals surface area contributed by atoms with E-state index >= 15 is 0 Å². The minimum Gasteiger partial charge on any atom is -0.351 e. The van der Waals surface area contributed by atoms with Crippen molar-refractivity contribution in [2.45, 2.75) is 25.9 Å². The van der Waals surface area contributed by atoms with E-state index in [0.717, 1.165) is 25.2 Å². The number of hydrogen-bond donors (Lipinski definition) is 3. The fraction of sp³-hybridized carbons (Fsp3) is 0.333. The number of nitrogens with zero attached hydrogens (tertiary/aromatic N) is 2. The SMILES string of the molecule is O=C(Cn1c(=O)c(=O)[nH]c2ccccc21)NCc1ccc(C(=O)NCCN2CCCC2)cc1. The number of benzene rings is 2. The van der Waals surface area contributed by atoms with Crippen LogP contribution in [0.3, 0.4) is 0 Å². The Kier molecular flexibility index (Phi) is 6.99. The van der Waals surface area contributed by atoms with E-state index in [1.165, 1.54) is 17.4 Å². The minimum atomic E-state index is -0.774. The number of likely N-dealkylation sites (tertiary alicyclic amines) is 1. The summed E-state index contributed by atoms with van der Waals surface area (Å²) in [4.78, 5) is 53.7. The van der Waals surface area contributed by atoms with E-state index in [1.807, 2.05) is 0 Å². The molecule has 1 fully saturated rings. The van der Waals surface area contributed by atoms with E-state index in [1.54, 1.807) is 48.5 Å². The summed E-state index contributed by atoms with van der Waals surface area (Å²) >= 11 is 0. The number of hydrogen-bond acceptors (Lipinski definition) is 5. The molecule has 0 bridgehead atoms. The number of aromatic amines is 1. The number of H-pyrrole nitrogens is 1. The molecule has 0 saturated carbocycles. The molecule has 3 N–H and O–H groups in total. The molecule has 9 heteroatoms. The third-order valence-electron chi connectivity index (χ3n) is 5.80. The Morgan fingerprint density at radius 3 is 2.42 bits per heavy atom. The molecule has 33 heavy (non-hydrogen) atoms. The van der Waals surface area contributed by atoms with Crippen LogP contribution < -0.4 is 21.8 Å². The lowest BCUT2D eigenvalue weighted by Gasteiger charge is -2.14. The van der Waals surface area contributed by atoms with E-state index < -0.39 is 17.0 Å². The predicted octanol–water partition coefficient (Wildman–Crippen LogP) is 0.832. The summed E-state index contributed by atoms with van der Waals surface area (Å²) in [6, 6.07) is 13.8. The van der Waals surface area contributed by atoms with Crippen molar-refractivity contribution in [3.8, 4) is 0 Å². The molecule has 1 aliphatic rings. The van der Waals surface area contributed by atoms with Gasteiger partial charge >= 0.3 is 11.1 Å². The predicted molar refractivity (Wildman–Crippen MR) is 125 cm³/mol. The van der Waals surface area contributed by atoms with Crippen molar-refractivity contribution < 1.29 is 9.59 Å². The molecule has 0 spiro atoms. The molecule has 0 unspecified atom stereocenters. The van der Waals surface area contributed by atoms with Gasteiger partial charge in [-0.3, -0.25) is 23.7 Å². The molecule has 0 atom stereocenters. The second kappa shape index (κ2) is 10.3. The highest BCUT2D eigenvalue weighted by Gasteiger charge is 2.13. The zero-order valence-electron chi connectivity index (χ0n) is 18.3. The standard InChI is InChI=1S/C24H27N5O4/c30-21(16-29-20-6-2-1-5-19(20)27-23(32)24(29)33)26-15-17-7-9-18(10-8-17)22(31)25-11-14-28-12-3-4-13-28/h1-2,5-10H,3-4,11-16H2,(H,25,31)(H,26,30)(H,27,32). The van der Waals surface area contributed by atoms with Crippen LogP contribution in [0, 0.1) is 0 Å². The van der Waals surface area contributed by atoms with Gasteiger partial charge in [0.05, 0.1) is 11.0 Å². The van der Waals surface area contributed by atoms with Crippen molar-refractivity contribution in [1.29, 1.82) is 0 Å². The summed E-state index contributed by atoms with van der Waals surface area (Å²) in [6.07, 6.45) is 2.45. The molecule has 1 aromatic heterocycles. The summed E-state index contributed by atoms with van der Waals surface area (Å²) in [6.45, 7) is 3.66. The number of fused-ring (bicyclic) bond motifs is 1. The Hall–Kier alpha value is -3.72. The Bertz CT molecular complexity index is 1260. The van der Waals surface area contributed by atoms with Crippen LogP contribution in [-0.4, -0.2) is 52.4 Å². The highest BCUT2D eigenvalue weighted by atomic mass is 16.2. The molecule has 9 nitrogen and oxygen atoms in total. The van der Waals surface area contributed by atoms with Gasteiger partial charge in [0.15, 0.2) is 0 Å². The molecule has 172 valence electrons. The van der Waals surface area contributed by atoms with E-state index in [2.05, 4.69) is 20.5 Å². The van der Waals surface area contributed by atoms with Gasteiger partial charge in [-0.2, -0.15) is 0 Å². The van der Waals surface area contributed by atoms with Crippen molar-refractivity contribution in [3.63, 3.8) is 0 Å². The average Bonchev–Trinajstić information content (AvgIpc) is 3.34. The Morgan fingerprint density at radius 2 is 1.67 bits per heavy atom. The van der Waals surface area contributed by atoms with Crippen LogP contribution in [0.2, 0.25) is 0 Å². The first kappa shape index (κ1) is 22.5. The lowest BCUT2D eigenvalue weighted by Crippen LogP contribution is -2.40. The van der Waals surface area contributed by atoms with Crippen LogP contribution in [0.15, 0.2) is 58.1 Å². The Morgan fingerprint density at radius 1 is 0.939 bits per heavy atom. The van der Waals surface area contributed by atoms with Gasteiger partial charge in [0.25, 0.3) is 5.91 Å². The number of aromatic nitrogens is 2. The van der Waals surface area contributed by atoms with Gasteiger partial charge in [-0.15, -0.1) is 0 Å². The lowest BCUT2D eigenvalue weighted by molar-refractivity contribution is -0.121. The molecule has 2 amide bonds. The van der Waals surface area contributed by atoms with Gasteiger partial charge in [-0.25, -0.2) is 0 Å². The summed E-state index contributed by atoms with van der Waals surface area (Å²) < 4.78 is 1.17. The number of rotatable bonds is 8. The number of amides is 2. The average molecular weight is 450 g/mol. The highest BCUT2D eigenvalue weighted by Crippen LogP contribution is 2.08. The Balaban J connectivity index is 1.30. The maximum Gasteiger partial charge on any atom is 0.317 e. The quantitative estimate of drug-likeness (QED) is 0.441. The van der Waals surface area contributed by atoms with Gasteiger partial charge in [-0.1, -0.05) is 24.3 Å². The minimum absolute atomic E-state index is 0.120. The van der Waals surface area contributed by atoms with Crippen molar-refractivity contribution in [2.24, 2.45) is 0 Å². The largest absolute Gasteiger partial charge is 0.351 e.